The summed E-state index contributed by atoms with van der Waals surface area (Å²) in [6.07, 6.45) is -0.394. The molecule has 2 aliphatic rings. The normalized spacial score (nSPS) is 18.2. The Labute approximate surface area is 273 Å². The van der Waals surface area contributed by atoms with Gasteiger partial charge >= 0.3 is 6.03 Å². The van der Waals surface area contributed by atoms with E-state index in [0.29, 0.717) is 27.2 Å². The van der Waals surface area contributed by atoms with Crippen LogP contribution in [0.15, 0.2) is 66.7 Å². The molecule has 0 unspecified atom stereocenters. The number of anilines is 1. The molecule has 0 radical (unpaired) electrons. The Morgan fingerprint density at radius 2 is 1.89 bits per heavy atom. The lowest BCUT2D eigenvalue weighted by molar-refractivity contribution is -0.157. The average Bonchev–Trinajstić information content (AvgIpc) is 3.57. The first kappa shape index (κ1) is 30.6. The van der Waals surface area contributed by atoms with Gasteiger partial charge < -0.3 is 20.9 Å². The van der Waals surface area contributed by atoms with E-state index in [9.17, 15) is 19.6 Å². The molecule has 2 saturated heterocycles. The monoisotopic (exact) mass is 662 g/mol. The van der Waals surface area contributed by atoms with Crippen LogP contribution in [0.25, 0.3) is 10.2 Å². The van der Waals surface area contributed by atoms with E-state index in [1.165, 1.54) is 16.3 Å². The number of nitriles is 1. The van der Waals surface area contributed by atoms with E-state index < -0.39 is 18.2 Å². The summed E-state index contributed by atoms with van der Waals surface area (Å²) in [5.74, 6) is -0.509. The Morgan fingerprint density at radius 1 is 1.09 bits per heavy atom. The Hall–Kier alpha value is -4.41. The third-order valence-electron chi connectivity index (χ3n) is 7.91. The highest BCUT2D eigenvalue weighted by molar-refractivity contribution is 7.22. The van der Waals surface area contributed by atoms with Crippen LogP contribution in [0.5, 0.6) is 0 Å². The van der Waals surface area contributed by atoms with Gasteiger partial charge in [-0.25, -0.2) is 14.8 Å². The molecule has 230 valence electrons. The predicted octanol–water partition coefficient (Wildman–Crippen LogP) is 4.26. The van der Waals surface area contributed by atoms with E-state index in [1.807, 2.05) is 54.6 Å². The van der Waals surface area contributed by atoms with Crippen molar-refractivity contribution in [1.29, 1.82) is 5.26 Å². The maximum atomic E-state index is 14.1. The third-order valence-corrected chi connectivity index (χ3v) is 9.50. The largest absolute Gasteiger partial charge is 0.375 e. The van der Waals surface area contributed by atoms with Crippen molar-refractivity contribution in [3.05, 3.63) is 93.5 Å². The number of hydrazine groups is 1. The van der Waals surface area contributed by atoms with Gasteiger partial charge in [0.2, 0.25) is 11.8 Å². The van der Waals surface area contributed by atoms with Crippen LogP contribution in [-0.2, 0) is 29.1 Å². The molecule has 2 aliphatic heterocycles. The lowest BCUT2D eigenvalue weighted by atomic mass is 10.00. The van der Waals surface area contributed by atoms with Crippen LogP contribution in [0.4, 0.5) is 9.93 Å². The molecule has 0 bridgehead atoms. The number of piperazine rings is 1. The molecular formula is C31H28Cl2N8O3S. The van der Waals surface area contributed by atoms with Gasteiger partial charge in [0.25, 0.3) is 0 Å². The minimum Gasteiger partial charge on any atom is -0.375 e. The van der Waals surface area contributed by atoms with Crippen LogP contribution < -0.4 is 11.1 Å². The number of hydrogen-bond acceptors (Lipinski definition) is 8. The number of nitrogens with two attached hydrogens (primary N) is 1. The number of aromatic nitrogens is 1. The highest BCUT2D eigenvalue weighted by atomic mass is 35.5. The van der Waals surface area contributed by atoms with Crippen LogP contribution in [0.1, 0.15) is 16.7 Å². The van der Waals surface area contributed by atoms with Crippen LogP contribution >= 0.6 is 34.5 Å². The molecule has 3 N–H and O–H groups in total. The van der Waals surface area contributed by atoms with E-state index in [1.54, 1.807) is 33.0 Å². The zero-order valence-corrected chi connectivity index (χ0v) is 26.2. The van der Waals surface area contributed by atoms with Crippen molar-refractivity contribution in [2.75, 3.05) is 25.4 Å². The standard InChI is InChI=1S/C31H28Cl2N8O3S/c32-22-10-9-20(13-23(22)33)15-36-31(44)39(12-11-34)40-18-27(42)41-24(14-19-5-2-1-3-6-19)29(43)38(17-26(40)41)16-21-7-4-8-25-28(21)37-30(35)45-25/h1-10,13,24,26H,12,14-18H2,(H2,35,37)(H,36,44)/t24-,26+/m0/s1. The van der Waals surface area contributed by atoms with Crippen LogP contribution in [-0.4, -0.2) is 74.5 Å². The zero-order chi connectivity index (χ0) is 31.7. The maximum Gasteiger partial charge on any atom is 0.333 e. The summed E-state index contributed by atoms with van der Waals surface area (Å²) in [4.78, 5) is 49.0. The molecule has 2 fully saturated rings. The van der Waals surface area contributed by atoms with Gasteiger partial charge in [0, 0.05) is 19.5 Å². The number of nitrogens with zero attached hydrogens (tertiary/aromatic N) is 6. The molecule has 4 amide bonds. The first-order valence-electron chi connectivity index (χ1n) is 14.1. The Kier molecular flexibility index (Phi) is 8.78. The van der Waals surface area contributed by atoms with Crippen LogP contribution in [0.2, 0.25) is 10.0 Å². The SMILES string of the molecule is N#CCN(C(=O)NCc1ccc(Cl)c(Cl)c1)N1CC(=O)N2[C@@H](Cc3ccccc3)C(=O)N(Cc3cccc4sc(N)nc34)C[C@@H]21. The molecular weight excluding hydrogens is 635 g/mol. The summed E-state index contributed by atoms with van der Waals surface area (Å²) >= 11 is 13.5. The van der Waals surface area contributed by atoms with Gasteiger partial charge in [-0.1, -0.05) is 83.1 Å². The second kappa shape index (κ2) is 12.9. The number of nitrogen functional groups attached to an aromatic ring is 1. The Bertz CT molecular complexity index is 1810. The third kappa shape index (κ3) is 6.25. The van der Waals surface area contributed by atoms with Crippen molar-refractivity contribution >= 4 is 67.7 Å². The molecule has 0 spiro atoms. The molecule has 3 aromatic carbocycles. The molecule has 1 aromatic heterocycles. The number of thiazole rings is 1. The van der Waals surface area contributed by atoms with Crippen LogP contribution in [0, 0.1) is 11.3 Å². The number of benzene rings is 3. The summed E-state index contributed by atoms with van der Waals surface area (Å²) in [6, 6.07) is 20.9. The number of halogens is 2. The molecule has 4 aromatic rings. The van der Waals surface area contributed by atoms with Gasteiger partial charge in [-0.3, -0.25) is 9.59 Å². The fraction of sp³-hybridized carbons (Fsp3) is 0.258. The molecule has 11 nitrogen and oxygen atoms in total. The predicted molar refractivity (Wildman–Crippen MR) is 172 cm³/mol. The number of rotatable bonds is 8. The fourth-order valence-electron chi connectivity index (χ4n) is 5.85. The van der Waals surface area contributed by atoms with Crippen molar-refractivity contribution < 1.29 is 14.4 Å². The van der Waals surface area contributed by atoms with E-state index in [0.717, 1.165) is 21.3 Å². The van der Waals surface area contributed by atoms with Crippen molar-refractivity contribution in [2.24, 2.45) is 0 Å². The van der Waals surface area contributed by atoms with E-state index in [-0.39, 0.29) is 44.5 Å². The lowest BCUT2D eigenvalue weighted by Gasteiger charge is -2.46. The van der Waals surface area contributed by atoms with Crippen molar-refractivity contribution in [3.8, 4) is 6.07 Å². The number of nitrogens with one attached hydrogen (secondary N) is 1. The molecule has 0 aliphatic carbocycles. The Balaban J connectivity index is 1.30. The zero-order valence-electron chi connectivity index (χ0n) is 23.9. The van der Waals surface area contributed by atoms with Crippen LogP contribution in [0.3, 0.4) is 0 Å². The second-order valence-corrected chi connectivity index (χ2v) is 12.6. The fourth-order valence-corrected chi connectivity index (χ4v) is 6.95. The summed E-state index contributed by atoms with van der Waals surface area (Å²) in [7, 11) is 0. The first-order valence-corrected chi connectivity index (χ1v) is 15.7. The number of fused-ring (bicyclic) bond motifs is 2. The summed E-state index contributed by atoms with van der Waals surface area (Å²) < 4.78 is 0.911. The Morgan fingerprint density at radius 3 is 2.64 bits per heavy atom. The summed E-state index contributed by atoms with van der Waals surface area (Å²) in [5.41, 5.74) is 9.14. The average molecular weight is 664 g/mol. The number of carbonyl (C=O) groups excluding carboxylic acids is 3. The second-order valence-electron chi connectivity index (χ2n) is 10.7. The number of carbonyl (C=O) groups is 3. The quantitative estimate of drug-likeness (QED) is 0.269. The van der Waals surface area contributed by atoms with Gasteiger partial charge in [0.1, 0.15) is 18.8 Å². The first-order chi connectivity index (χ1) is 21.7. The molecule has 14 heteroatoms. The highest BCUT2D eigenvalue weighted by Gasteiger charge is 2.52. The van der Waals surface area contributed by atoms with E-state index in [4.69, 9.17) is 28.9 Å². The smallest absolute Gasteiger partial charge is 0.333 e. The van der Waals surface area contributed by atoms with E-state index >= 15 is 0 Å². The number of amides is 4. The van der Waals surface area contributed by atoms with Gasteiger partial charge in [-0.05, 0) is 34.9 Å². The number of para-hydroxylation sites is 1. The van der Waals surface area contributed by atoms with Crippen molar-refractivity contribution in [2.45, 2.75) is 31.7 Å². The van der Waals surface area contributed by atoms with Gasteiger partial charge in [-0.15, -0.1) is 0 Å². The molecule has 45 heavy (non-hydrogen) atoms. The highest BCUT2D eigenvalue weighted by Crippen LogP contribution is 2.32. The summed E-state index contributed by atoms with van der Waals surface area (Å²) in [6.45, 7) is -0.000819. The maximum absolute atomic E-state index is 14.1. The van der Waals surface area contributed by atoms with E-state index in [2.05, 4.69) is 10.3 Å². The van der Waals surface area contributed by atoms with Crippen molar-refractivity contribution in [3.63, 3.8) is 0 Å². The topological polar surface area (TPSA) is 139 Å². The van der Waals surface area contributed by atoms with Gasteiger partial charge in [0.15, 0.2) is 5.13 Å². The van der Waals surface area contributed by atoms with Gasteiger partial charge in [-0.2, -0.15) is 10.3 Å². The van der Waals surface area contributed by atoms with Crippen molar-refractivity contribution in [1.82, 2.24) is 30.1 Å². The van der Waals surface area contributed by atoms with Gasteiger partial charge in [0.05, 0.1) is 39.4 Å². The minimum absolute atomic E-state index is 0.119. The molecule has 6 rings (SSSR count). The molecule has 0 saturated carbocycles. The lowest BCUT2D eigenvalue weighted by Crippen LogP contribution is -2.66. The summed E-state index contributed by atoms with van der Waals surface area (Å²) in [5, 5.41) is 16.5. The minimum atomic E-state index is -0.813. The number of urea groups is 1. The molecule has 3 heterocycles. The molecule has 2 atom stereocenters. The number of hydrogen-bond donors (Lipinski definition) is 2.